The molecule has 2 aliphatic heterocycles. The lowest BCUT2D eigenvalue weighted by Gasteiger charge is -2.37. The first-order valence-electron chi connectivity index (χ1n) is 8.17. The first kappa shape index (κ1) is 15.8. The lowest BCUT2D eigenvalue weighted by molar-refractivity contribution is -0.133. The summed E-state index contributed by atoms with van der Waals surface area (Å²) in [5.41, 5.74) is 0.994. The number of piperazine rings is 1. The molecule has 0 aliphatic carbocycles. The summed E-state index contributed by atoms with van der Waals surface area (Å²) < 4.78 is 13.0. The van der Waals surface area contributed by atoms with Crippen LogP contribution in [0.4, 0.5) is 10.1 Å². The molecule has 1 aromatic rings. The van der Waals surface area contributed by atoms with Gasteiger partial charge in [-0.25, -0.2) is 4.39 Å². The van der Waals surface area contributed by atoms with Crippen LogP contribution < -0.4 is 10.2 Å². The highest BCUT2D eigenvalue weighted by Gasteiger charge is 2.25. The number of amides is 2. The summed E-state index contributed by atoms with van der Waals surface area (Å²) in [5.74, 6) is 0.281. The average Bonchev–Trinajstić information content (AvgIpc) is 2.58. The lowest BCUT2D eigenvalue weighted by atomic mass is 9.95. The number of hydrogen-bond acceptors (Lipinski definition) is 3. The Morgan fingerprint density at radius 1 is 1.17 bits per heavy atom. The van der Waals surface area contributed by atoms with Crippen molar-refractivity contribution >= 4 is 17.5 Å². The van der Waals surface area contributed by atoms with Crippen LogP contribution in [0, 0.1) is 11.7 Å². The molecule has 5 nitrogen and oxygen atoms in total. The number of halogens is 1. The number of nitrogens with one attached hydrogen (secondary N) is 1. The van der Waals surface area contributed by atoms with Gasteiger partial charge in [-0.15, -0.1) is 0 Å². The quantitative estimate of drug-likeness (QED) is 0.916. The predicted octanol–water partition coefficient (Wildman–Crippen LogP) is 1.39. The zero-order valence-corrected chi connectivity index (χ0v) is 13.1. The fraction of sp³-hybridized carbons (Fsp3) is 0.529. The molecular formula is C17H22FN3O2. The zero-order chi connectivity index (χ0) is 16.2. The van der Waals surface area contributed by atoms with Gasteiger partial charge in [-0.3, -0.25) is 9.59 Å². The molecule has 0 radical (unpaired) electrons. The fourth-order valence-corrected chi connectivity index (χ4v) is 3.20. The van der Waals surface area contributed by atoms with Crippen LogP contribution in [-0.4, -0.2) is 49.4 Å². The standard InChI is InChI=1S/C17H22FN3O2/c18-14-2-4-15(5-3-14)20-7-9-21(10-8-20)17(23)11-13-1-6-16(22)19-12-13/h2-5,13H,1,6-12H2,(H,19,22). The number of carbonyl (C=O) groups excluding carboxylic acids is 2. The molecule has 2 fully saturated rings. The van der Waals surface area contributed by atoms with Crippen LogP contribution >= 0.6 is 0 Å². The van der Waals surface area contributed by atoms with Crippen LogP contribution in [0.5, 0.6) is 0 Å². The van der Waals surface area contributed by atoms with Crippen molar-refractivity contribution in [2.75, 3.05) is 37.6 Å². The van der Waals surface area contributed by atoms with Crippen molar-refractivity contribution < 1.29 is 14.0 Å². The molecule has 0 spiro atoms. The van der Waals surface area contributed by atoms with Gasteiger partial charge in [0.25, 0.3) is 0 Å². The molecule has 2 heterocycles. The SMILES string of the molecule is O=C1CCC(CC(=O)N2CCN(c3ccc(F)cc3)CC2)CN1. The second kappa shape index (κ2) is 6.98. The molecule has 1 aromatic carbocycles. The normalized spacial score (nSPS) is 22.0. The van der Waals surface area contributed by atoms with Crippen molar-refractivity contribution in [2.45, 2.75) is 19.3 Å². The van der Waals surface area contributed by atoms with E-state index in [0.29, 0.717) is 32.5 Å². The van der Waals surface area contributed by atoms with Crippen molar-refractivity contribution in [2.24, 2.45) is 5.92 Å². The third-order valence-electron chi connectivity index (χ3n) is 4.65. The van der Waals surface area contributed by atoms with Crippen LogP contribution in [0.1, 0.15) is 19.3 Å². The number of anilines is 1. The van der Waals surface area contributed by atoms with Crippen LogP contribution in [-0.2, 0) is 9.59 Å². The highest BCUT2D eigenvalue weighted by Crippen LogP contribution is 2.19. The van der Waals surface area contributed by atoms with Gasteiger partial charge in [-0.1, -0.05) is 0 Å². The maximum Gasteiger partial charge on any atom is 0.223 e. The number of piperidine rings is 1. The van der Waals surface area contributed by atoms with E-state index in [1.54, 1.807) is 12.1 Å². The molecule has 2 aliphatic rings. The number of nitrogens with zero attached hydrogens (tertiary/aromatic N) is 2. The second-order valence-electron chi connectivity index (χ2n) is 6.26. The van der Waals surface area contributed by atoms with Crippen molar-refractivity contribution in [1.29, 1.82) is 0 Å². The van der Waals surface area contributed by atoms with E-state index in [-0.39, 0.29) is 23.5 Å². The Morgan fingerprint density at radius 2 is 1.87 bits per heavy atom. The Hall–Kier alpha value is -2.11. The molecule has 2 amide bonds. The Kier molecular flexibility index (Phi) is 4.79. The van der Waals surface area contributed by atoms with E-state index in [1.165, 1.54) is 12.1 Å². The smallest absolute Gasteiger partial charge is 0.223 e. The first-order chi connectivity index (χ1) is 11.1. The summed E-state index contributed by atoms with van der Waals surface area (Å²) in [7, 11) is 0. The summed E-state index contributed by atoms with van der Waals surface area (Å²) in [5, 5.41) is 2.82. The Morgan fingerprint density at radius 3 is 2.48 bits per heavy atom. The van der Waals surface area contributed by atoms with Gasteiger partial charge >= 0.3 is 0 Å². The van der Waals surface area contributed by atoms with Gasteiger partial charge < -0.3 is 15.1 Å². The largest absolute Gasteiger partial charge is 0.368 e. The molecule has 1 atom stereocenters. The summed E-state index contributed by atoms with van der Waals surface area (Å²) >= 11 is 0. The van der Waals surface area contributed by atoms with Crippen LogP contribution in [0.2, 0.25) is 0 Å². The summed E-state index contributed by atoms with van der Waals surface area (Å²) in [6.07, 6.45) is 1.83. The van der Waals surface area contributed by atoms with Gasteiger partial charge in [0.2, 0.25) is 11.8 Å². The van der Waals surface area contributed by atoms with E-state index in [4.69, 9.17) is 0 Å². The van der Waals surface area contributed by atoms with Crippen LogP contribution in [0.3, 0.4) is 0 Å². The molecule has 2 saturated heterocycles. The van der Waals surface area contributed by atoms with Crippen molar-refractivity contribution in [3.8, 4) is 0 Å². The second-order valence-corrected chi connectivity index (χ2v) is 6.26. The highest BCUT2D eigenvalue weighted by molar-refractivity contribution is 5.79. The Balaban J connectivity index is 1.47. The third kappa shape index (κ3) is 4.00. The topological polar surface area (TPSA) is 52.7 Å². The number of rotatable bonds is 3. The minimum atomic E-state index is -0.234. The van der Waals surface area contributed by atoms with Crippen molar-refractivity contribution in [1.82, 2.24) is 10.2 Å². The highest BCUT2D eigenvalue weighted by atomic mass is 19.1. The first-order valence-corrected chi connectivity index (χ1v) is 8.17. The molecule has 6 heteroatoms. The Labute approximate surface area is 135 Å². The molecule has 1 N–H and O–H groups in total. The molecule has 0 aromatic heterocycles. The van der Waals surface area contributed by atoms with E-state index in [9.17, 15) is 14.0 Å². The lowest BCUT2D eigenvalue weighted by Crippen LogP contribution is -2.49. The Bertz CT molecular complexity index is 558. The summed E-state index contributed by atoms with van der Waals surface area (Å²) in [6.45, 7) is 3.52. The molecule has 23 heavy (non-hydrogen) atoms. The number of benzene rings is 1. The van der Waals surface area contributed by atoms with Crippen molar-refractivity contribution in [3.63, 3.8) is 0 Å². The van der Waals surface area contributed by atoms with Gasteiger partial charge in [-0.2, -0.15) is 0 Å². The average molecular weight is 319 g/mol. The van der Waals surface area contributed by atoms with Gasteiger partial charge in [0, 0.05) is 51.3 Å². The van der Waals surface area contributed by atoms with E-state index in [2.05, 4.69) is 10.2 Å². The predicted molar refractivity (Wildman–Crippen MR) is 85.5 cm³/mol. The molecule has 0 saturated carbocycles. The van der Waals surface area contributed by atoms with E-state index in [1.807, 2.05) is 4.90 Å². The van der Waals surface area contributed by atoms with Crippen LogP contribution in [0.25, 0.3) is 0 Å². The van der Waals surface area contributed by atoms with E-state index in [0.717, 1.165) is 25.2 Å². The van der Waals surface area contributed by atoms with Gasteiger partial charge in [0.15, 0.2) is 0 Å². The minimum absolute atomic E-state index is 0.0848. The van der Waals surface area contributed by atoms with Crippen LogP contribution in [0.15, 0.2) is 24.3 Å². The van der Waals surface area contributed by atoms with Crippen molar-refractivity contribution in [3.05, 3.63) is 30.1 Å². The third-order valence-corrected chi connectivity index (χ3v) is 4.65. The van der Waals surface area contributed by atoms with Gasteiger partial charge in [0.1, 0.15) is 5.82 Å². The monoisotopic (exact) mass is 319 g/mol. The maximum atomic E-state index is 13.0. The summed E-state index contributed by atoms with van der Waals surface area (Å²) in [6, 6.07) is 6.48. The van der Waals surface area contributed by atoms with Gasteiger partial charge in [-0.05, 0) is 36.6 Å². The van der Waals surface area contributed by atoms with E-state index < -0.39 is 0 Å². The maximum absolute atomic E-state index is 13.0. The molecule has 1 unspecified atom stereocenters. The van der Waals surface area contributed by atoms with Gasteiger partial charge in [0.05, 0.1) is 0 Å². The summed E-state index contributed by atoms with van der Waals surface area (Å²) in [4.78, 5) is 27.6. The number of carbonyl (C=O) groups is 2. The molecule has 3 rings (SSSR count). The number of hydrogen-bond donors (Lipinski definition) is 1. The zero-order valence-electron chi connectivity index (χ0n) is 13.1. The molecule has 124 valence electrons. The molecule has 0 bridgehead atoms. The fourth-order valence-electron chi connectivity index (χ4n) is 3.20. The van der Waals surface area contributed by atoms with E-state index >= 15 is 0 Å². The minimum Gasteiger partial charge on any atom is -0.368 e. The molecular weight excluding hydrogens is 297 g/mol.